The minimum absolute atomic E-state index is 0.00667. The molecule has 0 saturated carbocycles. The summed E-state index contributed by atoms with van der Waals surface area (Å²) in [5.74, 6) is 1.11. The first-order valence-electron chi connectivity index (χ1n) is 6.41. The van der Waals surface area contributed by atoms with Crippen molar-refractivity contribution in [3.05, 3.63) is 45.7 Å². The van der Waals surface area contributed by atoms with Crippen LogP contribution in [0.15, 0.2) is 17.2 Å². The third-order valence-electron chi connectivity index (χ3n) is 3.54. The van der Waals surface area contributed by atoms with Gasteiger partial charge >= 0.3 is 0 Å². The second-order valence-corrected chi connectivity index (χ2v) is 4.95. The Morgan fingerprint density at radius 3 is 3.20 bits per heavy atom. The fourth-order valence-corrected chi connectivity index (χ4v) is 2.53. The standard InChI is InChI=1S/C12H13N7O/c1-6-2-10(20)19-12(16-6)17-11(18-19)8-3-7-9(4-13-8)15-5-14-7/h2,5,8,13H,3-4H2,1H3,(H,14,15)(H,16,17,18). The lowest BCUT2D eigenvalue weighted by atomic mass is 10.1. The maximum Gasteiger partial charge on any atom is 0.274 e. The molecular formula is C12H13N7O. The van der Waals surface area contributed by atoms with Crippen LogP contribution < -0.4 is 10.9 Å². The van der Waals surface area contributed by atoms with Crippen LogP contribution in [0.5, 0.6) is 0 Å². The zero-order valence-corrected chi connectivity index (χ0v) is 10.8. The van der Waals surface area contributed by atoms with Crippen LogP contribution in [0.2, 0.25) is 0 Å². The largest absolute Gasteiger partial charge is 0.347 e. The third kappa shape index (κ3) is 1.65. The zero-order chi connectivity index (χ0) is 13.7. The summed E-state index contributed by atoms with van der Waals surface area (Å²) in [5.41, 5.74) is 2.65. The maximum atomic E-state index is 11.9. The van der Waals surface area contributed by atoms with Crippen molar-refractivity contribution in [2.75, 3.05) is 0 Å². The number of aromatic nitrogens is 6. The summed E-state index contributed by atoms with van der Waals surface area (Å²) in [6.45, 7) is 2.49. The SMILES string of the molecule is Cc1cc(=O)n2[nH]c(C3Cc4nc[nH]c4CN3)nc2n1. The molecule has 102 valence electrons. The van der Waals surface area contributed by atoms with Crippen molar-refractivity contribution in [3.8, 4) is 0 Å². The summed E-state index contributed by atoms with van der Waals surface area (Å²) in [6.07, 6.45) is 2.43. The molecule has 8 nitrogen and oxygen atoms in total. The normalized spacial score (nSPS) is 18.4. The van der Waals surface area contributed by atoms with Gasteiger partial charge in [0, 0.05) is 24.7 Å². The molecule has 0 aliphatic carbocycles. The molecule has 20 heavy (non-hydrogen) atoms. The van der Waals surface area contributed by atoms with Crippen LogP contribution in [0.3, 0.4) is 0 Å². The predicted molar refractivity (Wildman–Crippen MR) is 70.2 cm³/mol. The first-order chi connectivity index (χ1) is 9.70. The average molecular weight is 271 g/mol. The highest BCUT2D eigenvalue weighted by atomic mass is 16.1. The molecule has 1 unspecified atom stereocenters. The molecule has 0 aromatic carbocycles. The molecule has 3 aromatic rings. The number of imidazole rings is 1. The van der Waals surface area contributed by atoms with Crippen LogP contribution in [0.1, 0.15) is 28.9 Å². The number of rotatable bonds is 1. The van der Waals surface area contributed by atoms with Crippen LogP contribution in [-0.2, 0) is 13.0 Å². The van der Waals surface area contributed by atoms with Gasteiger partial charge in [-0.15, -0.1) is 0 Å². The van der Waals surface area contributed by atoms with Crippen LogP contribution in [0.25, 0.3) is 5.78 Å². The molecule has 0 bridgehead atoms. The quantitative estimate of drug-likeness (QED) is 0.570. The van der Waals surface area contributed by atoms with Crippen LogP contribution >= 0.6 is 0 Å². The Morgan fingerprint density at radius 2 is 2.30 bits per heavy atom. The highest BCUT2D eigenvalue weighted by Crippen LogP contribution is 2.21. The Hall–Kier alpha value is -2.48. The fourth-order valence-electron chi connectivity index (χ4n) is 2.53. The lowest BCUT2D eigenvalue weighted by Gasteiger charge is -2.20. The van der Waals surface area contributed by atoms with Gasteiger partial charge in [0.05, 0.1) is 23.8 Å². The van der Waals surface area contributed by atoms with E-state index in [0.29, 0.717) is 23.8 Å². The van der Waals surface area contributed by atoms with Crippen LogP contribution in [0, 0.1) is 6.92 Å². The smallest absolute Gasteiger partial charge is 0.274 e. The maximum absolute atomic E-state index is 11.9. The molecule has 0 amide bonds. The van der Waals surface area contributed by atoms with Crippen molar-refractivity contribution in [2.45, 2.75) is 25.9 Å². The van der Waals surface area contributed by atoms with Crippen LogP contribution in [-0.4, -0.2) is 29.5 Å². The molecule has 0 fully saturated rings. The summed E-state index contributed by atoms with van der Waals surface area (Å²) < 4.78 is 1.37. The van der Waals surface area contributed by atoms with Gasteiger partial charge in [0.2, 0.25) is 0 Å². The Labute approximate surface area is 113 Å². The highest BCUT2D eigenvalue weighted by molar-refractivity contribution is 5.29. The van der Waals surface area contributed by atoms with Gasteiger partial charge < -0.3 is 10.3 Å². The molecule has 3 aromatic heterocycles. The van der Waals surface area contributed by atoms with E-state index in [1.165, 1.54) is 10.6 Å². The number of aryl methyl sites for hydroxylation is 1. The van der Waals surface area contributed by atoms with Gasteiger partial charge in [0.25, 0.3) is 11.3 Å². The number of hydrogen-bond donors (Lipinski definition) is 3. The first-order valence-corrected chi connectivity index (χ1v) is 6.41. The summed E-state index contributed by atoms with van der Waals surface area (Å²) in [6, 6.07) is 1.49. The minimum Gasteiger partial charge on any atom is -0.347 e. The summed E-state index contributed by atoms with van der Waals surface area (Å²) in [7, 11) is 0. The molecule has 4 heterocycles. The van der Waals surface area contributed by atoms with Gasteiger partial charge in [-0.25, -0.2) is 9.97 Å². The Bertz CT molecular complexity index is 843. The lowest BCUT2D eigenvalue weighted by molar-refractivity contribution is 0.467. The molecule has 1 aliphatic heterocycles. The Morgan fingerprint density at radius 1 is 1.40 bits per heavy atom. The van der Waals surface area contributed by atoms with Crippen molar-refractivity contribution in [1.29, 1.82) is 0 Å². The van der Waals surface area contributed by atoms with Crippen LogP contribution in [0.4, 0.5) is 0 Å². The highest BCUT2D eigenvalue weighted by Gasteiger charge is 2.24. The number of hydrogen-bond acceptors (Lipinski definition) is 5. The van der Waals surface area contributed by atoms with E-state index in [1.54, 1.807) is 13.3 Å². The second kappa shape index (κ2) is 4.01. The zero-order valence-electron chi connectivity index (χ0n) is 10.8. The minimum atomic E-state index is -0.150. The van der Waals surface area contributed by atoms with E-state index in [4.69, 9.17) is 0 Å². The molecule has 0 saturated heterocycles. The van der Waals surface area contributed by atoms with Crippen molar-refractivity contribution >= 4 is 5.78 Å². The number of H-pyrrole nitrogens is 2. The molecule has 1 atom stereocenters. The number of aromatic amines is 2. The summed E-state index contributed by atoms with van der Waals surface area (Å²) >= 11 is 0. The first kappa shape index (κ1) is 11.4. The Kier molecular flexibility index (Phi) is 2.27. The van der Waals surface area contributed by atoms with E-state index in [0.717, 1.165) is 17.8 Å². The molecule has 8 heteroatoms. The molecule has 0 radical (unpaired) electrons. The van der Waals surface area contributed by atoms with E-state index in [1.807, 2.05) is 0 Å². The fraction of sp³-hybridized carbons (Fsp3) is 0.333. The van der Waals surface area contributed by atoms with Gasteiger partial charge in [-0.2, -0.15) is 9.50 Å². The summed E-state index contributed by atoms with van der Waals surface area (Å²) in [5, 5.41) is 6.38. The Balaban J connectivity index is 1.76. The topological polar surface area (TPSA) is 104 Å². The summed E-state index contributed by atoms with van der Waals surface area (Å²) in [4.78, 5) is 27.9. The average Bonchev–Trinajstić information content (AvgIpc) is 3.03. The third-order valence-corrected chi connectivity index (χ3v) is 3.54. The number of nitrogens with one attached hydrogen (secondary N) is 3. The predicted octanol–water partition coefficient (Wildman–Crippen LogP) is -0.164. The molecule has 3 N–H and O–H groups in total. The van der Waals surface area contributed by atoms with Gasteiger partial charge in [0.1, 0.15) is 5.82 Å². The number of fused-ring (bicyclic) bond motifs is 2. The van der Waals surface area contributed by atoms with Crippen molar-refractivity contribution in [1.82, 2.24) is 34.9 Å². The monoisotopic (exact) mass is 271 g/mol. The van der Waals surface area contributed by atoms with Gasteiger partial charge in [0.15, 0.2) is 0 Å². The van der Waals surface area contributed by atoms with E-state index in [9.17, 15) is 4.79 Å². The second-order valence-electron chi connectivity index (χ2n) is 4.95. The van der Waals surface area contributed by atoms with Crippen molar-refractivity contribution in [3.63, 3.8) is 0 Å². The van der Waals surface area contributed by atoms with E-state index in [2.05, 4.69) is 30.4 Å². The van der Waals surface area contributed by atoms with Crippen molar-refractivity contribution in [2.24, 2.45) is 0 Å². The van der Waals surface area contributed by atoms with E-state index in [-0.39, 0.29) is 11.6 Å². The van der Waals surface area contributed by atoms with Crippen molar-refractivity contribution < 1.29 is 0 Å². The lowest BCUT2D eigenvalue weighted by Crippen LogP contribution is -2.29. The molecular weight excluding hydrogens is 258 g/mol. The van der Waals surface area contributed by atoms with E-state index >= 15 is 0 Å². The van der Waals surface area contributed by atoms with Gasteiger partial charge in [-0.1, -0.05) is 0 Å². The number of nitrogens with zero attached hydrogens (tertiary/aromatic N) is 4. The molecule has 1 aliphatic rings. The van der Waals surface area contributed by atoms with Gasteiger partial charge in [-0.3, -0.25) is 9.89 Å². The van der Waals surface area contributed by atoms with E-state index < -0.39 is 0 Å². The molecule has 4 rings (SSSR count). The van der Waals surface area contributed by atoms with Gasteiger partial charge in [-0.05, 0) is 6.92 Å². The molecule has 0 spiro atoms.